The van der Waals surface area contributed by atoms with Gasteiger partial charge in [-0.15, -0.1) is 11.3 Å². The summed E-state index contributed by atoms with van der Waals surface area (Å²) in [6.45, 7) is 1.38. The van der Waals surface area contributed by atoms with E-state index in [1.165, 1.54) is 25.1 Å². The van der Waals surface area contributed by atoms with Gasteiger partial charge in [0.25, 0.3) is 5.91 Å². The van der Waals surface area contributed by atoms with Crippen molar-refractivity contribution in [1.29, 1.82) is 0 Å². The Balaban J connectivity index is 1.62. The number of carbonyl (C=O) groups excluding carboxylic acids is 2. The molecule has 0 aliphatic carbocycles. The molecule has 10 heteroatoms. The Labute approximate surface area is 161 Å². The second-order valence-corrected chi connectivity index (χ2v) is 6.51. The average molecular weight is 405 g/mol. The molecule has 1 amide bonds. The third-order valence-corrected chi connectivity index (χ3v) is 4.40. The molecule has 28 heavy (non-hydrogen) atoms. The SMILES string of the molecule is C[C@H](OC(=O)c1cc[n+]([O-])cc1)C(=O)Nc1nc(-c2ccc(F)c(F)c2)cs1. The lowest BCUT2D eigenvalue weighted by atomic mass is 10.2. The first-order valence-corrected chi connectivity index (χ1v) is 8.83. The number of nitrogens with one attached hydrogen (secondary N) is 1. The van der Waals surface area contributed by atoms with Crippen molar-refractivity contribution in [3.05, 3.63) is 70.5 Å². The molecule has 0 radical (unpaired) electrons. The minimum absolute atomic E-state index is 0.127. The van der Waals surface area contributed by atoms with Crippen LogP contribution in [-0.2, 0) is 9.53 Å². The summed E-state index contributed by atoms with van der Waals surface area (Å²) in [4.78, 5) is 28.3. The highest BCUT2D eigenvalue weighted by Gasteiger charge is 2.20. The summed E-state index contributed by atoms with van der Waals surface area (Å²) in [5.41, 5.74) is 0.843. The van der Waals surface area contributed by atoms with Gasteiger partial charge in [0, 0.05) is 23.1 Å². The number of nitrogens with zero attached hydrogens (tertiary/aromatic N) is 2. The lowest BCUT2D eigenvalue weighted by Gasteiger charge is -2.12. The van der Waals surface area contributed by atoms with Gasteiger partial charge in [0.1, 0.15) is 0 Å². The predicted octanol–water partition coefficient (Wildman–Crippen LogP) is 2.91. The van der Waals surface area contributed by atoms with Crippen LogP contribution >= 0.6 is 11.3 Å². The molecule has 0 spiro atoms. The van der Waals surface area contributed by atoms with Gasteiger partial charge in [0.05, 0.1) is 11.3 Å². The van der Waals surface area contributed by atoms with Gasteiger partial charge < -0.3 is 9.94 Å². The van der Waals surface area contributed by atoms with E-state index in [0.717, 1.165) is 35.9 Å². The molecule has 7 nitrogen and oxygen atoms in total. The number of hydrogen-bond acceptors (Lipinski definition) is 6. The van der Waals surface area contributed by atoms with Crippen LogP contribution < -0.4 is 10.0 Å². The number of halogens is 2. The van der Waals surface area contributed by atoms with Crippen LogP contribution in [0.1, 0.15) is 17.3 Å². The number of rotatable bonds is 5. The lowest BCUT2D eigenvalue weighted by molar-refractivity contribution is -0.605. The molecule has 0 saturated carbocycles. The molecule has 2 aromatic heterocycles. The van der Waals surface area contributed by atoms with E-state index < -0.39 is 29.6 Å². The summed E-state index contributed by atoms with van der Waals surface area (Å²) in [5, 5.41) is 15.2. The largest absolute Gasteiger partial charge is 0.619 e. The summed E-state index contributed by atoms with van der Waals surface area (Å²) in [5.74, 6) is -3.34. The topological polar surface area (TPSA) is 95.2 Å². The maximum Gasteiger partial charge on any atom is 0.339 e. The molecule has 0 aliphatic rings. The fraction of sp³-hybridized carbons (Fsp3) is 0.111. The van der Waals surface area contributed by atoms with Crippen molar-refractivity contribution < 1.29 is 27.8 Å². The Morgan fingerprint density at radius 1 is 1.21 bits per heavy atom. The van der Waals surface area contributed by atoms with E-state index in [4.69, 9.17) is 4.74 Å². The van der Waals surface area contributed by atoms with Crippen LogP contribution in [0.4, 0.5) is 13.9 Å². The van der Waals surface area contributed by atoms with Crippen molar-refractivity contribution in [2.24, 2.45) is 0 Å². The van der Waals surface area contributed by atoms with Crippen LogP contribution in [0.5, 0.6) is 0 Å². The number of hydrogen-bond donors (Lipinski definition) is 1. The number of esters is 1. The van der Waals surface area contributed by atoms with Crippen LogP contribution in [0, 0.1) is 16.8 Å². The lowest BCUT2D eigenvalue weighted by Crippen LogP contribution is -2.30. The molecule has 1 N–H and O–H groups in total. The van der Waals surface area contributed by atoms with Gasteiger partial charge in [0.2, 0.25) is 0 Å². The van der Waals surface area contributed by atoms with Gasteiger partial charge >= 0.3 is 5.97 Å². The molecule has 0 aliphatic heterocycles. The van der Waals surface area contributed by atoms with Crippen LogP contribution in [0.25, 0.3) is 11.3 Å². The highest BCUT2D eigenvalue weighted by molar-refractivity contribution is 7.14. The zero-order valence-corrected chi connectivity index (χ0v) is 15.2. The number of anilines is 1. The zero-order valence-electron chi connectivity index (χ0n) is 14.4. The normalized spacial score (nSPS) is 11.7. The van der Waals surface area contributed by atoms with Gasteiger partial charge in [0.15, 0.2) is 35.3 Å². The highest BCUT2D eigenvalue weighted by Crippen LogP contribution is 2.26. The van der Waals surface area contributed by atoms with Gasteiger partial charge in [-0.05, 0) is 25.1 Å². The summed E-state index contributed by atoms with van der Waals surface area (Å²) < 4.78 is 31.9. The smallest absolute Gasteiger partial charge is 0.339 e. The summed E-state index contributed by atoms with van der Waals surface area (Å²) >= 11 is 1.08. The Kier molecular flexibility index (Phi) is 5.59. The molecular formula is C18H13F2N3O4S. The van der Waals surface area contributed by atoms with Crippen molar-refractivity contribution >= 4 is 28.3 Å². The maximum absolute atomic E-state index is 13.3. The van der Waals surface area contributed by atoms with Gasteiger partial charge in [-0.1, -0.05) is 0 Å². The molecule has 1 aromatic carbocycles. The number of benzene rings is 1. The fourth-order valence-electron chi connectivity index (χ4n) is 2.16. The Morgan fingerprint density at radius 2 is 1.93 bits per heavy atom. The van der Waals surface area contributed by atoms with E-state index in [9.17, 15) is 23.6 Å². The number of pyridine rings is 1. The van der Waals surface area contributed by atoms with Gasteiger partial charge in [-0.3, -0.25) is 10.1 Å². The monoisotopic (exact) mass is 405 g/mol. The van der Waals surface area contributed by atoms with Crippen molar-refractivity contribution in [2.75, 3.05) is 5.32 Å². The number of ether oxygens (including phenoxy) is 1. The number of aromatic nitrogens is 2. The summed E-state index contributed by atoms with van der Waals surface area (Å²) in [6.07, 6.45) is 1.15. The summed E-state index contributed by atoms with van der Waals surface area (Å²) in [6, 6.07) is 5.91. The van der Waals surface area contributed by atoms with Crippen molar-refractivity contribution in [2.45, 2.75) is 13.0 Å². The van der Waals surface area contributed by atoms with Crippen LogP contribution in [0.2, 0.25) is 0 Å². The second kappa shape index (κ2) is 8.09. The van der Waals surface area contributed by atoms with Crippen molar-refractivity contribution in [3.63, 3.8) is 0 Å². The molecule has 2 heterocycles. The number of thiazole rings is 1. The van der Waals surface area contributed by atoms with E-state index in [0.29, 0.717) is 16.0 Å². The second-order valence-electron chi connectivity index (χ2n) is 5.65. The van der Waals surface area contributed by atoms with Gasteiger partial charge in [-0.2, -0.15) is 4.73 Å². The molecule has 1 atom stereocenters. The third-order valence-electron chi connectivity index (χ3n) is 3.64. The molecular weight excluding hydrogens is 392 g/mol. The van der Waals surface area contributed by atoms with Crippen LogP contribution in [0.3, 0.4) is 0 Å². The number of carbonyl (C=O) groups is 2. The third kappa shape index (κ3) is 4.46. The molecule has 0 unspecified atom stereocenters. The standard InChI is InChI=1S/C18H13F2N3O4S/c1-10(27-17(25)11-4-6-23(26)7-5-11)16(24)22-18-21-15(9-28-18)12-2-3-13(19)14(20)8-12/h2-10H,1H3,(H,21,22,24)/t10-/m0/s1. The molecule has 3 rings (SSSR count). The minimum Gasteiger partial charge on any atom is -0.619 e. The van der Waals surface area contributed by atoms with E-state index in [2.05, 4.69) is 10.3 Å². The van der Waals surface area contributed by atoms with E-state index in [-0.39, 0.29) is 10.7 Å². The quantitative estimate of drug-likeness (QED) is 0.400. The Morgan fingerprint density at radius 3 is 2.61 bits per heavy atom. The molecule has 0 fully saturated rings. The predicted molar refractivity (Wildman–Crippen MR) is 96.4 cm³/mol. The van der Waals surface area contributed by atoms with Crippen LogP contribution in [0.15, 0.2) is 48.1 Å². The number of amides is 1. The first-order valence-electron chi connectivity index (χ1n) is 7.95. The molecule has 0 bridgehead atoms. The zero-order chi connectivity index (χ0) is 20.3. The molecule has 0 saturated heterocycles. The summed E-state index contributed by atoms with van der Waals surface area (Å²) in [7, 11) is 0. The average Bonchev–Trinajstić information content (AvgIpc) is 3.12. The Hall–Kier alpha value is -3.40. The molecule has 3 aromatic rings. The fourth-order valence-corrected chi connectivity index (χ4v) is 2.88. The van der Waals surface area contributed by atoms with Crippen LogP contribution in [-0.4, -0.2) is 23.0 Å². The van der Waals surface area contributed by atoms with Gasteiger partial charge in [-0.25, -0.2) is 18.6 Å². The highest BCUT2D eigenvalue weighted by atomic mass is 32.1. The van der Waals surface area contributed by atoms with E-state index >= 15 is 0 Å². The Bertz CT molecular complexity index is 1020. The molecule has 144 valence electrons. The van der Waals surface area contributed by atoms with Crippen molar-refractivity contribution in [3.8, 4) is 11.3 Å². The first-order chi connectivity index (χ1) is 13.3. The van der Waals surface area contributed by atoms with E-state index in [1.807, 2.05) is 0 Å². The first kappa shape index (κ1) is 19.4. The minimum atomic E-state index is -1.12. The maximum atomic E-state index is 13.3. The van der Waals surface area contributed by atoms with Crippen molar-refractivity contribution in [1.82, 2.24) is 4.98 Å². The van der Waals surface area contributed by atoms with E-state index in [1.54, 1.807) is 5.38 Å².